The van der Waals surface area contributed by atoms with Crippen LogP contribution in [0.1, 0.15) is 24.3 Å². The minimum atomic E-state index is -0.777. The first-order valence-corrected chi connectivity index (χ1v) is 5.45. The molecular weight excluding hydrogens is 218 g/mol. The first kappa shape index (κ1) is 11.6. The summed E-state index contributed by atoms with van der Waals surface area (Å²) < 4.78 is 6.93. The summed E-state index contributed by atoms with van der Waals surface area (Å²) in [6.07, 6.45) is 4.14. The van der Waals surface area contributed by atoms with Gasteiger partial charge >= 0.3 is 0 Å². The molecule has 0 aliphatic carbocycles. The molecule has 0 bridgehead atoms. The summed E-state index contributed by atoms with van der Waals surface area (Å²) >= 11 is 0. The van der Waals surface area contributed by atoms with Gasteiger partial charge in [-0.25, -0.2) is 0 Å². The predicted molar refractivity (Wildman–Crippen MR) is 62.8 cm³/mol. The lowest BCUT2D eigenvalue weighted by atomic mass is 10.1. The molecule has 0 spiro atoms. The zero-order valence-electron chi connectivity index (χ0n) is 9.87. The smallest absolute Gasteiger partial charge is 0.163 e. The van der Waals surface area contributed by atoms with E-state index < -0.39 is 6.10 Å². The molecule has 0 saturated heterocycles. The highest BCUT2D eigenvalue weighted by Crippen LogP contribution is 2.29. The van der Waals surface area contributed by atoms with E-state index in [1.807, 2.05) is 13.0 Å². The van der Waals surface area contributed by atoms with Crippen LogP contribution in [0.2, 0.25) is 0 Å². The van der Waals surface area contributed by atoms with Gasteiger partial charge in [0.05, 0.1) is 13.3 Å². The maximum absolute atomic E-state index is 10.3. The Morgan fingerprint density at radius 3 is 2.88 bits per heavy atom. The molecule has 0 aromatic carbocycles. The van der Waals surface area contributed by atoms with Gasteiger partial charge in [-0.1, -0.05) is 6.07 Å². The third kappa shape index (κ3) is 2.14. The minimum Gasteiger partial charge on any atom is -0.493 e. The van der Waals surface area contributed by atoms with E-state index in [0.717, 1.165) is 5.56 Å². The largest absolute Gasteiger partial charge is 0.493 e. The van der Waals surface area contributed by atoms with Crippen molar-refractivity contribution in [2.75, 3.05) is 7.11 Å². The van der Waals surface area contributed by atoms with Crippen LogP contribution < -0.4 is 4.74 Å². The molecule has 1 N–H and O–H groups in total. The van der Waals surface area contributed by atoms with Crippen LogP contribution >= 0.6 is 0 Å². The molecule has 17 heavy (non-hydrogen) atoms. The van der Waals surface area contributed by atoms with Gasteiger partial charge in [0, 0.05) is 24.5 Å². The highest BCUT2D eigenvalue weighted by atomic mass is 16.5. The molecule has 0 radical (unpaired) electrons. The number of hydrogen-bond acceptors (Lipinski definition) is 4. The Labute approximate surface area is 99.7 Å². The highest BCUT2D eigenvalue weighted by Gasteiger charge is 2.20. The maximum atomic E-state index is 10.3. The minimum absolute atomic E-state index is 0.586. The number of nitrogens with zero attached hydrogens (tertiary/aromatic N) is 3. The van der Waals surface area contributed by atoms with Crippen molar-refractivity contribution in [3.8, 4) is 5.75 Å². The third-order valence-electron chi connectivity index (χ3n) is 2.62. The van der Waals surface area contributed by atoms with Gasteiger partial charge < -0.3 is 9.84 Å². The van der Waals surface area contributed by atoms with Gasteiger partial charge in [-0.3, -0.25) is 9.67 Å². The molecule has 1 atom stereocenters. The van der Waals surface area contributed by atoms with Crippen molar-refractivity contribution in [1.29, 1.82) is 0 Å². The second kappa shape index (κ2) is 4.97. The Hall–Kier alpha value is -1.88. The number of hydrogen-bond donors (Lipinski definition) is 1. The third-order valence-corrected chi connectivity index (χ3v) is 2.62. The zero-order valence-corrected chi connectivity index (χ0v) is 9.87. The molecule has 0 fully saturated rings. The van der Waals surface area contributed by atoms with Crippen molar-refractivity contribution in [3.63, 3.8) is 0 Å². The summed E-state index contributed by atoms with van der Waals surface area (Å²) in [6, 6.07) is 3.61. The van der Waals surface area contributed by atoms with Crippen LogP contribution in [0.15, 0.2) is 30.7 Å². The normalized spacial score (nSPS) is 12.4. The van der Waals surface area contributed by atoms with Crippen LogP contribution in [0.5, 0.6) is 5.75 Å². The van der Waals surface area contributed by atoms with Gasteiger partial charge in [0.15, 0.2) is 5.75 Å². The van der Waals surface area contributed by atoms with E-state index in [2.05, 4.69) is 10.1 Å². The van der Waals surface area contributed by atoms with E-state index in [1.165, 1.54) is 0 Å². The Balaban J connectivity index is 2.42. The van der Waals surface area contributed by atoms with Gasteiger partial charge in [0.2, 0.25) is 0 Å². The molecule has 1 unspecified atom stereocenters. The number of methoxy groups -OCH3 is 1. The molecule has 5 heteroatoms. The van der Waals surface area contributed by atoms with Gasteiger partial charge in [0.25, 0.3) is 0 Å². The number of pyridine rings is 1. The molecule has 2 aromatic heterocycles. The van der Waals surface area contributed by atoms with E-state index >= 15 is 0 Å². The Morgan fingerprint density at radius 1 is 1.47 bits per heavy atom. The van der Waals surface area contributed by atoms with Crippen LogP contribution in [0, 0.1) is 0 Å². The van der Waals surface area contributed by atoms with Crippen LogP contribution in [-0.2, 0) is 6.54 Å². The standard InChI is InChI=1S/C12H15N3O2/c1-3-15-11(10(17-2)8-14-15)12(16)9-5-4-6-13-7-9/h4-8,12,16H,3H2,1-2H3. The highest BCUT2D eigenvalue weighted by molar-refractivity contribution is 5.33. The van der Waals surface area contributed by atoms with E-state index in [9.17, 15) is 5.11 Å². The Bertz CT molecular complexity index is 460. The average Bonchev–Trinajstić information content (AvgIpc) is 2.81. The number of aliphatic hydroxyl groups excluding tert-OH is 1. The number of aryl methyl sites for hydroxylation is 1. The van der Waals surface area contributed by atoms with Crippen molar-refractivity contribution in [2.45, 2.75) is 19.6 Å². The first-order chi connectivity index (χ1) is 8.27. The molecule has 2 aromatic rings. The Morgan fingerprint density at radius 2 is 2.29 bits per heavy atom. The summed E-state index contributed by atoms with van der Waals surface area (Å²) in [7, 11) is 1.57. The van der Waals surface area contributed by atoms with Gasteiger partial charge in [-0.2, -0.15) is 5.10 Å². The van der Waals surface area contributed by atoms with Crippen molar-refractivity contribution >= 4 is 0 Å². The topological polar surface area (TPSA) is 60.2 Å². The van der Waals surface area contributed by atoms with E-state index in [4.69, 9.17) is 4.74 Å². The molecule has 5 nitrogen and oxygen atoms in total. The molecule has 2 heterocycles. The molecule has 0 aliphatic heterocycles. The first-order valence-electron chi connectivity index (χ1n) is 5.45. The van der Waals surface area contributed by atoms with E-state index in [1.54, 1.807) is 36.4 Å². The summed E-state index contributed by atoms with van der Waals surface area (Å²) in [5.74, 6) is 0.586. The fraction of sp³-hybridized carbons (Fsp3) is 0.333. The summed E-state index contributed by atoms with van der Waals surface area (Å²) in [5, 5.41) is 14.5. The molecule has 2 rings (SSSR count). The predicted octanol–water partition coefficient (Wildman–Crippen LogP) is 1.39. The zero-order chi connectivity index (χ0) is 12.3. The lowest BCUT2D eigenvalue weighted by Gasteiger charge is -2.13. The SMILES string of the molecule is CCn1ncc(OC)c1C(O)c1cccnc1. The van der Waals surface area contributed by atoms with E-state index in [0.29, 0.717) is 18.0 Å². The molecule has 0 saturated carbocycles. The molecule has 0 amide bonds. The summed E-state index contributed by atoms with van der Waals surface area (Å²) in [4.78, 5) is 4.00. The van der Waals surface area contributed by atoms with E-state index in [-0.39, 0.29) is 0 Å². The van der Waals surface area contributed by atoms with Gasteiger partial charge in [-0.05, 0) is 13.0 Å². The molecular formula is C12H15N3O2. The summed E-state index contributed by atoms with van der Waals surface area (Å²) in [5.41, 5.74) is 1.38. The maximum Gasteiger partial charge on any atom is 0.163 e. The molecule has 0 aliphatic rings. The molecule has 90 valence electrons. The average molecular weight is 233 g/mol. The second-order valence-corrected chi connectivity index (χ2v) is 3.60. The van der Waals surface area contributed by atoms with Crippen LogP contribution in [-0.4, -0.2) is 27.0 Å². The van der Waals surface area contributed by atoms with Crippen LogP contribution in [0.3, 0.4) is 0 Å². The number of ether oxygens (including phenoxy) is 1. The van der Waals surface area contributed by atoms with Crippen LogP contribution in [0.4, 0.5) is 0 Å². The number of aliphatic hydroxyl groups is 1. The van der Waals surface area contributed by atoms with Crippen molar-refractivity contribution in [1.82, 2.24) is 14.8 Å². The lowest BCUT2D eigenvalue weighted by molar-refractivity contribution is 0.202. The van der Waals surface area contributed by atoms with Gasteiger partial charge in [0.1, 0.15) is 11.8 Å². The lowest BCUT2D eigenvalue weighted by Crippen LogP contribution is -2.10. The van der Waals surface area contributed by atoms with Crippen molar-refractivity contribution in [3.05, 3.63) is 42.0 Å². The van der Waals surface area contributed by atoms with Crippen LogP contribution in [0.25, 0.3) is 0 Å². The summed E-state index contributed by atoms with van der Waals surface area (Å²) in [6.45, 7) is 2.64. The monoisotopic (exact) mass is 233 g/mol. The Kier molecular flexibility index (Phi) is 3.39. The van der Waals surface area contributed by atoms with Crippen molar-refractivity contribution in [2.24, 2.45) is 0 Å². The van der Waals surface area contributed by atoms with Gasteiger partial charge in [-0.15, -0.1) is 0 Å². The number of rotatable bonds is 4. The number of aromatic nitrogens is 3. The quantitative estimate of drug-likeness (QED) is 0.866. The fourth-order valence-electron chi connectivity index (χ4n) is 1.76. The second-order valence-electron chi connectivity index (χ2n) is 3.60. The van der Waals surface area contributed by atoms with Crippen molar-refractivity contribution < 1.29 is 9.84 Å². The fourth-order valence-corrected chi connectivity index (χ4v) is 1.76.